The number of nitrogens with one attached hydrogen (secondary N) is 2. The lowest BCUT2D eigenvalue weighted by Gasteiger charge is -2.44. The normalized spacial score (nSPS) is 15.4. The highest BCUT2D eigenvalue weighted by atomic mass is 16.6. The molecule has 0 radical (unpaired) electrons. The number of terminal acetylenes is 1. The van der Waals surface area contributed by atoms with Crippen LogP contribution in [0.1, 0.15) is 90.8 Å². The Balaban J connectivity index is 2.52. The monoisotopic (exact) mass is 512 g/mol. The van der Waals surface area contributed by atoms with Crippen molar-refractivity contribution in [3.8, 4) is 12.3 Å². The van der Waals surface area contributed by atoms with Crippen LogP contribution in [0.2, 0.25) is 0 Å². The maximum atomic E-state index is 14.1. The standard InChI is InChI=1S/C28H40N4O5/c1-8-18-12-14-19(15-13-18)23(24(34)31-27(2,3)4)32(20-10-9-11-20)25(35)21(16-17-22(29)33)30-26(36)37-28(5,6)7/h1,12-15,20-21,23H,9-11,16-17H2,2-7H3,(H2,29,33)(H,30,36)(H,31,34). The summed E-state index contributed by atoms with van der Waals surface area (Å²) >= 11 is 0. The third-order valence-electron chi connectivity index (χ3n) is 5.81. The van der Waals surface area contributed by atoms with E-state index in [0.29, 0.717) is 24.0 Å². The molecule has 0 aromatic heterocycles. The maximum absolute atomic E-state index is 14.1. The van der Waals surface area contributed by atoms with Crippen LogP contribution < -0.4 is 16.4 Å². The van der Waals surface area contributed by atoms with Crippen molar-refractivity contribution in [1.29, 1.82) is 0 Å². The minimum atomic E-state index is -1.11. The van der Waals surface area contributed by atoms with Gasteiger partial charge in [-0.25, -0.2) is 4.79 Å². The lowest BCUT2D eigenvalue weighted by atomic mass is 9.87. The van der Waals surface area contributed by atoms with Crippen molar-refractivity contribution in [3.05, 3.63) is 35.4 Å². The minimum absolute atomic E-state index is 0.0275. The van der Waals surface area contributed by atoms with Crippen molar-refractivity contribution in [2.24, 2.45) is 5.73 Å². The zero-order chi connectivity index (χ0) is 28.0. The molecule has 4 N–H and O–H groups in total. The van der Waals surface area contributed by atoms with E-state index in [-0.39, 0.29) is 24.8 Å². The van der Waals surface area contributed by atoms with Crippen LogP contribution in [-0.2, 0) is 19.1 Å². The molecule has 2 rings (SSSR count). The van der Waals surface area contributed by atoms with Crippen molar-refractivity contribution in [3.63, 3.8) is 0 Å². The molecule has 1 aromatic carbocycles. The van der Waals surface area contributed by atoms with Gasteiger partial charge >= 0.3 is 6.09 Å². The molecule has 1 fully saturated rings. The van der Waals surface area contributed by atoms with Gasteiger partial charge in [0.05, 0.1) is 0 Å². The molecule has 1 saturated carbocycles. The molecule has 0 spiro atoms. The lowest BCUT2D eigenvalue weighted by Crippen LogP contribution is -2.58. The third-order valence-corrected chi connectivity index (χ3v) is 5.81. The smallest absolute Gasteiger partial charge is 0.408 e. The summed E-state index contributed by atoms with van der Waals surface area (Å²) in [7, 11) is 0. The lowest BCUT2D eigenvalue weighted by molar-refractivity contribution is -0.148. The second-order valence-corrected chi connectivity index (χ2v) is 11.4. The van der Waals surface area contributed by atoms with Crippen LogP contribution in [0.5, 0.6) is 0 Å². The molecule has 4 amide bonds. The minimum Gasteiger partial charge on any atom is -0.444 e. The molecule has 1 aromatic rings. The molecule has 9 heteroatoms. The number of nitrogens with zero attached hydrogens (tertiary/aromatic N) is 1. The van der Waals surface area contributed by atoms with Gasteiger partial charge in [-0.05, 0) is 84.9 Å². The van der Waals surface area contributed by atoms with Crippen LogP contribution in [0.4, 0.5) is 4.79 Å². The van der Waals surface area contributed by atoms with E-state index >= 15 is 0 Å². The van der Waals surface area contributed by atoms with Crippen LogP contribution in [-0.4, -0.2) is 51.9 Å². The van der Waals surface area contributed by atoms with Crippen LogP contribution in [0.15, 0.2) is 24.3 Å². The molecule has 0 bridgehead atoms. The van der Waals surface area contributed by atoms with Crippen molar-refractivity contribution in [2.45, 2.75) is 103 Å². The zero-order valence-corrected chi connectivity index (χ0v) is 22.7. The van der Waals surface area contributed by atoms with Crippen LogP contribution in [0.25, 0.3) is 0 Å². The topological polar surface area (TPSA) is 131 Å². The quantitative estimate of drug-likeness (QED) is 0.438. The van der Waals surface area contributed by atoms with E-state index in [1.165, 1.54) is 0 Å². The summed E-state index contributed by atoms with van der Waals surface area (Å²) in [6.45, 7) is 10.7. The SMILES string of the molecule is C#Cc1ccc(C(C(=O)NC(C)(C)C)N(C(=O)C(CCC(N)=O)NC(=O)OC(C)(C)C)C2CCC2)cc1. The number of hydrogen-bond acceptors (Lipinski definition) is 5. The third kappa shape index (κ3) is 9.12. The Hall–Kier alpha value is -3.54. The van der Waals surface area contributed by atoms with E-state index < -0.39 is 41.1 Å². The molecule has 0 aliphatic heterocycles. The van der Waals surface area contributed by atoms with Crippen LogP contribution in [0, 0.1) is 12.3 Å². The highest BCUT2D eigenvalue weighted by molar-refractivity contribution is 5.93. The molecule has 37 heavy (non-hydrogen) atoms. The molecule has 2 atom stereocenters. The average Bonchev–Trinajstić information content (AvgIpc) is 2.72. The number of nitrogens with two attached hydrogens (primary N) is 1. The van der Waals surface area contributed by atoms with Gasteiger partial charge in [0.1, 0.15) is 17.7 Å². The van der Waals surface area contributed by atoms with E-state index in [4.69, 9.17) is 16.9 Å². The van der Waals surface area contributed by atoms with E-state index in [2.05, 4.69) is 16.6 Å². The zero-order valence-electron chi connectivity index (χ0n) is 22.7. The second-order valence-electron chi connectivity index (χ2n) is 11.4. The first-order chi connectivity index (χ1) is 17.1. The summed E-state index contributed by atoms with van der Waals surface area (Å²) in [5.41, 5.74) is 5.25. The van der Waals surface area contributed by atoms with E-state index in [1.807, 2.05) is 20.8 Å². The van der Waals surface area contributed by atoms with Gasteiger partial charge in [-0.15, -0.1) is 6.42 Å². The largest absolute Gasteiger partial charge is 0.444 e. The molecule has 1 aliphatic carbocycles. The molecule has 202 valence electrons. The van der Waals surface area contributed by atoms with Gasteiger partial charge in [0, 0.05) is 23.6 Å². The number of rotatable bonds is 9. The molecule has 0 saturated heterocycles. The summed E-state index contributed by atoms with van der Waals surface area (Å²) in [6, 6.07) is 4.62. The first kappa shape index (κ1) is 29.7. The summed E-state index contributed by atoms with van der Waals surface area (Å²) < 4.78 is 5.35. The highest BCUT2D eigenvalue weighted by Gasteiger charge is 2.42. The van der Waals surface area contributed by atoms with E-state index in [9.17, 15) is 19.2 Å². The summed E-state index contributed by atoms with van der Waals surface area (Å²) in [4.78, 5) is 53.5. The summed E-state index contributed by atoms with van der Waals surface area (Å²) in [5, 5.41) is 5.59. The van der Waals surface area contributed by atoms with Gasteiger partial charge in [0.2, 0.25) is 17.7 Å². The molecular weight excluding hydrogens is 472 g/mol. The van der Waals surface area contributed by atoms with Crippen molar-refractivity contribution in [2.75, 3.05) is 0 Å². The Morgan fingerprint density at radius 2 is 1.70 bits per heavy atom. The molecule has 9 nitrogen and oxygen atoms in total. The first-order valence-electron chi connectivity index (χ1n) is 12.6. The Bertz CT molecular complexity index is 1030. The number of hydrogen-bond donors (Lipinski definition) is 3. The molecule has 2 unspecified atom stereocenters. The predicted molar refractivity (Wildman–Crippen MR) is 141 cm³/mol. The fourth-order valence-corrected chi connectivity index (χ4v) is 3.99. The Labute approximate surface area is 219 Å². The van der Waals surface area contributed by atoms with Gasteiger partial charge in [0.15, 0.2) is 0 Å². The van der Waals surface area contributed by atoms with Crippen LogP contribution in [0.3, 0.4) is 0 Å². The Kier molecular flexibility index (Phi) is 9.73. The average molecular weight is 513 g/mol. The number of carbonyl (C=O) groups is 4. The first-order valence-corrected chi connectivity index (χ1v) is 12.6. The second kappa shape index (κ2) is 12.1. The fourth-order valence-electron chi connectivity index (χ4n) is 3.99. The molecular formula is C28H40N4O5. The van der Waals surface area contributed by atoms with Gasteiger partial charge in [-0.1, -0.05) is 18.1 Å². The van der Waals surface area contributed by atoms with E-state index in [1.54, 1.807) is 49.9 Å². The number of benzene rings is 1. The predicted octanol–water partition coefficient (Wildman–Crippen LogP) is 3.16. The van der Waals surface area contributed by atoms with Crippen molar-refractivity contribution >= 4 is 23.8 Å². The van der Waals surface area contributed by atoms with Gasteiger partial charge < -0.3 is 26.0 Å². The number of amides is 4. The number of carbonyl (C=O) groups excluding carboxylic acids is 4. The van der Waals surface area contributed by atoms with Gasteiger partial charge in [-0.2, -0.15) is 0 Å². The number of primary amides is 1. The highest BCUT2D eigenvalue weighted by Crippen LogP contribution is 2.34. The fraction of sp³-hybridized carbons (Fsp3) is 0.571. The maximum Gasteiger partial charge on any atom is 0.408 e. The van der Waals surface area contributed by atoms with Crippen molar-refractivity contribution in [1.82, 2.24) is 15.5 Å². The number of alkyl carbamates (subject to hydrolysis) is 1. The summed E-state index contributed by atoms with van der Waals surface area (Å²) in [5.74, 6) is 1.12. The Morgan fingerprint density at radius 3 is 2.14 bits per heavy atom. The summed E-state index contributed by atoms with van der Waals surface area (Å²) in [6.07, 6.45) is 6.89. The molecule has 1 aliphatic rings. The number of ether oxygens (including phenoxy) is 1. The Morgan fingerprint density at radius 1 is 1.11 bits per heavy atom. The molecule has 0 heterocycles. The van der Waals surface area contributed by atoms with Crippen molar-refractivity contribution < 1.29 is 23.9 Å². The van der Waals surface area contributed by atoms with Gasteiger partial charge in [-0.3, -0.25) is 14.4 Å². The van der Waals surface area contributed by atoms with Gasteiger partial charge in [0.25, 0.3) is 0 Å². The van der Waals surface area contributed by atoms with E-state index in [0.717, 1.165) is 6.42 Å². The van der Waals surface area contributed by atoms with Crippen LogP contribution >= 0.6 is 0 Å².